The van der Waals surface area contributed by atoms with Crippen LogP contribution in [0.2, 0.25) is 0 Å². The van der Waals surface area contributed by atoms with Crippen LogP contribution >= 0.6 is 34.0 Å². The highest BCUT2D eigenvalue weighted by Crippen LogP contribution is 2.39. The highest BCUT2D eigenvalue weighted by atomic mass is 32.1. The smallest absolute Gasteiger partial charge is 0.216 e. The number of hydrogen-bond acceptors (Lipinski definition) is 23. The number of likely N-dealkylation sites (tertiary alicyclic amines) is 1. The summed E-state index contributed by atoms with van der Waals surface area (Å²) in [6.07, 6.45) is 14.2. The highest BCUT2D eigenvalue weighted by Gasteiger charge is 2.27. The van der Waals surface area contributed by atoms with Gasteiger partial charge in [0.15, 0.2) is 32.3 Å². The van der Waals surface area contributed by atoms with Crippen LogP contribution in [-0.4, -0.2) is 176 Å². The van der Waals surface area contributed by atoms with E-state index in [4.69, 9.17) is 4.98 Å². The predicted octanol–water partition coefficient (Wildman–Crippen LogP) is 10.1. The number of nitrogens with zero attached hydrogens (tertiary/aromatic N) is 17. The van der Waals surface area contributed by atoms with Crippen molar-refractivity contribution in [2.75, 3.05) is 82.2 Å². The van der Waals surface area contributed by atoms with E-state index in [0.717, 1.165) is 131 Å². The highest BCUT2D eigenvalue weighted by molar-refractivity contribution is 7.22. The van der Waals surface area contributed by atoms with E-state index in [1.807, 2.05) is 42.1 Å². The number of piperidine rings is 3. The number of benzene rings is 3. The number of aromatic nitrogens is 15. The second kappa shape index (κ2) is 26.3. The van der Waals surface area contributed by atoms with Crippen molar-refractivity contribution in [3.05, 3.63) is 121 Å². The lowest BCUT2D eigenvalue weighted by Gasteiger charge is -2.34. The van der Waals surface area contributed by atoms with Gasteiger partial charge in [-0.15, -0.1) is 30.6 Å². The van der Waals surface area contributed by atoms with Crippen molar-refractivity contribution < 1.29 is 27.8 Å². The molecular weight excluding hydrogens is 1230 g/mol. The van der Waals surface area contributed by atoms with Crippen LogP contribution in [-0.2, 0) is 0 Å². The fraction of sp³-hybridized carbons (Fsp3) is 0.311. The molecule has 0 unspecified atom stereocenters. The maximum absolute atomic E-state index is 14.8. The van der Waals surface area contributed by atoms with Crippen molar-refractivity contribution in [2.24, 2.45) is 0 Å². The third-order valence-electron chi connectivity index (χ3n) is 16.7. The Kier molecular flexibility index (Phi) is 17.6. The number of imidazole rings is 1. The molecule has 3 aromatic carbocycles. The van der Waals surface area contributed by atoms with Gasteiger partial charge in [-0.1, -0.05) is 40.1 Å². The molecule has 3 aliphatic heterocycles. The molecule has 6 N–H and O–H groups in total. The summed E-state index contributed by atoms with van der Waals surface area (Å²) in [7, 11) is 8.36. The van der Waals surface area contributed by atoms with Crippen molar-refractivity contribution in [1.29, 1.82) is 0 Å². The van der Waals surface area contributed by atoms with Crippen molar-refractivity contribution in [1.82, 2.24) is 91.0 Å². The van der Waals surface area contributed by atoms with Crippen LogP contribution in [0.5, 0.6) is 11.5 Å². The first-order chi connectivity index (χ1) is 44.2. The maximum Gasteiger partial charge on any atom is 0.216 e. The summed E-state index contributed by atoms with van der Waals surface area (Å²) >= 11 is 4.62. The lowest BCUT2D eigenvalue weighted by atomic mass is 10.0. The summed E-state index contributed by atoms with van der Waals surface area (Å²) in [6.45, 7) is 6.18. The van der Waals surface area contributed by atoms with Crippen LogP contribution in [0.3, 0.4) is 0 Å². The zero-order valence-corrected chi connectivity index (χ0v) is 52.1. The Hall–Kier alpha value is -9.20. The van der Waals surface area contributed by atoms with E-state index in [0.29, 0.717) is 68.7 Å². The summed E-state index contributed by atoms with van der Waals surface area (Å²) in [5, 5.41) is 67.3. The minimum absolute atomic E-state index is 0.00156. The number of thiazole rings is 3. The molecule has 0 amide bonds. The van der Waals surface area contributed by atoms with E-state index in [1.54, 1.807) is 59.5 Å². The van der Waals surface area contributed by atoms with Crippen molar-refractivity contribution in [3.8, 4) is 73.2 Å². The molecule has 3 aliphatic rings. The molecule has 0 bridgehead atoms. The number of hydrogen-bond donors (Lipinski definition) is 6. The molecule has 0 atom stereocenters. The molecule has 0 saturated carbocycles. The number of anilines is 3. The number of halogens is 4. The van der Waals surface area contributed by atoms with Crippen LogP contribution in [0.15, 0.2) is 97.8 Å². The van der Waals surface area contributed by atoms with Gasteiger partial charge in [-0.25, -0.2) is 13.8 Å². The summed E-state index contributed by atoms with van der Waals surface area (Å²) in [5.41, 5.74) is 5.48. The number of rotatable bonds is 12. The average Bonchev–Trinajstić information content (AvgIpc) is 2.99. The zero-order chi connectivity index (χ0) is 62.9. The number of phenols is 2. The minimum Gasteiger partial charge on any atom is -0.507 e. The Morgan fingerprint density at radius 2 is 0.956 bits per heavy atom. The van der Waals surface area contributed by atoms with Gasteiger partial charge in [0, 0.05) is 80.0 Å². The van der Waals surface area contributed by atoms with Gasteiger partial charge in [0.1, 0.15) is 23.1 Å². The molecule has 12 aromatic rings. The van der Waals surface area contributed by atoms with Gasteiger partial charge in [0.25, 0.3) is 0 Å². The number of aromatic hydroxyl groups is 2. The first-order valence-electron chi connectivity index (χ1n) is 29.4. The van der Waals surface area contributed by atoms with Crippen LogP contribution in [0, 0.1) is 23.5 Å². The predicted molar refractivity (Wildman–Crippen MR) is 345 cm³/mol. The second-order valence-corrected chi connectivity index (χ2v) is 25.5. The van der Waals surface area contributed by atoms with E-state index < -0.39 is 23.5 Å². The number of nitrogens with one attached hydrogen (secondary N) is 4. The molecule has 15 rings (SSSR count). The molecule has 468 valence electrons. The van der Waals surface area contributed by atoms with E-state index in [9.17, 15) is 27.8 Å². The summed E-state index contributed by atoms with van der Waals surface area (Å²) in [5.74, 6) is -2.74. The molecule has 0 spiro atoms. The monoisotopic (exact) mass is 1290 g/mol. The maximum atomic E-state index is 14.8. The largest absolute Gasteiger partial charge is 0.507 e. The van der Waals surface area contributed by atoms with Crippen LogP contribution in [0.4, 0.5) is 33.0 Å². The van der Waals surface area contributed by atoms with Gasteiger partial charge < -0.3 is 45.0 Å². The molecule has 3 fully saturated rings. The van der Waals surface area contributed by atoms with Gasteiger partial charge in [0.2, 0.25) is 11.9 Å². The first kappa shape index (κ1) is 60.7. The Morgan fingerprint density at radius 1 is 0.505 bits per heavy atom. The third-order valence-corrected chi connectivity index (χ3v) is 20.0. The molecule has 23 nitrogen and oxygen atoms in total. The van der Waals surface area contributed by atoms with Gasteiger partial charge in [-0.2, -0.15) is 33.9 Å². The topological polar surface area (TPSA) is 269 Å². The molecular formula is C61H61F4N21O2S3. The Morgan fingerprint density at radius 3 is 1.42 bits per heavy atom. The van der Waals surface area contributed by atoms with E-state index in [1.165, 1.54) is 23.6 Å². The SMILES string of the molecule is CN(c1nc2nnc(-c3cc(F)c(-c4cn[nH]c4F)cc3F)cc2s1)C1CCNCC1.CN(c1nc2nnc(-c3ccc(-c4cn[nH]c4F)cc3O)cc2s1)C1CCNCC1.CN1CCC(N(C)c2nc3nnc(-c4ccc(-n5ccnc5)cc4O)cc3s2)CC1. The molecule has 0 aliphatic carbocycles. The van der Waals surface area contributed by atoms with E-state index in [-0.39, 0.29) is 33.9 Å². The van der Waals surface area contributed by atoms with Gasteiger partial charge in [0.05, 0.1) is 66.7 Å². The molecule has 91 heavy (non-hydrogen) atoms. The fourth-order valence-electron chi connectivity index (χ4n) is 11.4. The van der Waals surface area contributed by atoms with Gasteiger partial charge in [-0.3, -0.25) is 10.2 Å². The molecule has 3 saturated heterocycles. The van der Waals surface area contributed by atoms with Crippen molar-refractivity contribution >= 4 is 80.4 Å². The van der Waals surface area contributed by atoms with Crippen molar-refractivity contribution in [2.45, 2.75) is 56.7 Å². The van der Waals surface area contributed by atoms with E-state index >= 15 is 0 Å². The Bertz CT molecular complexity index is 4520. The summed E-state index contributed by atoms with van der Waals surface area (Å²) in [6, 6.07) is 19.2. The number of fused-ring (bicyclic) bond motifs is 3. The fourth-order valence-corrected chi connectivity index (χ4v) is 14.3. The summed E-state index contributed by atoms with van der Waals surface area (Å²) < 4.78 is 61.3. The van der Waals surface area contributed by atoms with Crippen LogP contribution in [0.25, 0.3) is 92.8 Å². The number of aromatic amines is 2. The lowest BCUT2D eigenvalue weighted by molar-refractivity contribution is 0.253. The third kappa shape index (κ3) is 13.0. The van der Waals surface area contributed by atoms with E-state index in [2.05, 4.69) is 117 Å². The standard InChI is InChI=1S/C21H23N7OS.C20H18F3N7S.C20H20FN7OS/c1-26-8-5-14(6-9-26)27(2)21-23-20-19(30-21)12-17(24-25-20)16-4-3-15(11-18(16)29)28-10-7-22-13-28;1-30(10-2-4-24-5-3-10)20-26-19-17(31-20)8-16(27-29-19)12-7-14(21)11(6-15(12)22)13-9-25-28-18(13)23;1-28(12-4-6-22-7-5-12)20-24-19-17(30-20)9-15(25-27-19)13-3-2-11(8-16(13)29)14-10-23-26-18(14)21/h3-4,7,10-14,29H,5-6,8-9H2,1-2H3;6-10,24H,2-5H2,1H3,(H,25,28);2-3,8-10,12,22,29H,4-7H2,1H3,(H,23,26). The molecule has 30 heteroatoms. The number of H-pyrrole nitrogens is 2. The molecule has 0 radical (unpaired) electrons. The average molecular weight is 1290 g/mol. The number of phenolic OH excluding ortho intramolecular Hbond substituents is 2. The van der Waals surface area contributed by atoms with Crippen molar-refractivity contribution in [3.63, 3.8) is 0 Å². The molecule has 9 aromatic heterocycles. The lowest BCUT2D eigenvalue weighted by Crippen LogP contribution is -2.41. The Balaban J connectivity index is 0.000000125. The normalized spacial score (nSPS) is 15.2. The van der Waals surface area contributed by atoms with Gasteiger partial charge in [-0.05, 0) is 145 Å². The minimum atomic E-state index is -0.831. The zero-order valence-electron chi connectivity index (χ0n) is 49.7. The van der Waals surface area contributed by atoms with Gasteiger partial charge >= 0.3 is 0 Å². The summed E-state index contributed by atoms with van der Waals surface area (Å²) in [4.78, 5) is 26.9. The van der Waals surface area contributed by atoms with Crippen LogP contribution in [0.1, 0.15) is 38.5 Å². The molecule has 12 heterocycles. The second-order valence-electron chi connectivity index (χ2n) is 22.5. The first-order valence-corrected chi connectivity index (χ1v) is 31.9. The Labute approximate surface area is 529 Å². The quantitative estimate of drug-likeness (QED) is 0.0621. The van der Waals surface area contributed by atoms with Crippen LogP contribution < -0.4 is 25.3 Å².